The number of rotatable bonds is 4. The van der Waals surface area contributed by atoms with Gasteiger partial charge < -0.3 is 5.11 Å². The molecule has 0 aromatic carbocycles. The van der Waals surface area contributed by atoms with E-state index >= 15 is 0 Å². The molecule has 1 aliphatic carbocycles. The van der Waals surface area contributed by atoms with Crippen molar-refractivity contribution in [2.45, 2.75) is 78.9 Å². The van der Waals surface area contributed by atoms with Crippen molar-refractivity contribution >= 4 is 11.6 Å². The third-order valence-electron chi connectivity index (χ3n) is 4.63. The van der Waals surface area contributed by atoms with Gasteiger partial charge in [-0.3, -0.25) is 4.68 Å². The Labute approximate surface area is 133 Å². The van der Waals surface area contributed by atoms with Gasteiger partial charge in [0.05, 0.1) is 22.0 Å². The van der Waals surface area contributed by atoms with Gasteiger partial charge in [-0.15, -0.1) is 0 Å². The van der Waals surface area contributed by atoms with E-state index in [0.29, 0.717) is 12.3 Å². The van der Waals surface area contributed by atoms with Crippen molar-refractivity contribution in [2.75, 3.05) is 0 Å². The van der Waals surface area contributed by atoms with Crippen LogP contribution in [0.4, 0.5) is 0 Å². The third-order valence-corrected chi connectivity index (χ3v) is 5.06. The fourth-order valence-corrected chi connectivity index (χ4v) is 4.67. The number of aromatic nitrogens is 2. The highest BCUT2D eigenvalue weighted by Gasteiger charge is 2.42. The summed E-state index contributed by atoms with van der Waals surface area (Å²) in [4.78, 5) is 0. The second-order valence-electron chi connectivity index (χ2n) is 7.63. The van der Waals surface area contributed by atoms with E-state index in [2.05, 4.69) is 39.7 Å². The minimum Gasteiger partial charge on any atom is -0.389 e. The molecule has 1 aromatic heterocycles. The van der Waals surface area contributed by atoms with Crippen molar-refractivity contribution in [3.63, 3.8) is 0 Å². The first kappa shape index (κ1) is 16.8. The maximum Gasteiger partial charge on any atom is 0.0850 e. The highest BCUT2D eigenvalue weighted by molar-refractivity contribution is 6.31. The van der Waals surface area contributed by atoms with Crippen LogP contribution in [0.5, 0.6) is 0 Å². The minimum atomic E-state index is -0.664. The van der Waals surface area contributed by atoms with E-state index in [4.69, 9.17) is 11.6 Å². The van der Waals surface area contributed by atoms with Crippen LogP contribution in [0, 0.1) is 11.3 Å². The normalized spacial score (nSPS) is 28.8. The van der Waals surface area contributed by atoms with Gasteiger partial charge in [0.15, 0.2) is 0 Å². The molecule has 0 bridgehead atoms. The Morgan fingerprint density at radius 3 is 2.52 bits per heavy atom. The van der Waals surface area contributed by atoms with E-state index in [0.717, 1.165) is 42.2 Å². The summed E-state index contributed by atoms with van der Waals surface area (Å²) in [5.74, 6) is 0.543. The summed E-state index contributed by atoms with van der Waals surface area (Å²) in [5, 5.41) is 16.5. The molecular weight excluding hydrogens is 284 g/mol. The zero-order valence-corrected chi connectivity index (χ0v) is 14.8. The Balaban J connectivity index is 2.30. The Bertz CT molecular complexity index is 509. The summed E-state index contributed by atoms with van der Waals surface area (Å²) < 4.78 is 1.96. The molecule has 0 radical (unpaired) electrons. The average Bonchev–Trinajstić information content (AvgIpc) is 2.62. The molecule has 2 atom stereocenters. The van der Waals surface area contributed by atoms with Gasteiger partial charge in [0.2, 0.25) is 0 Å². The van der Waals surface area contributed by atoms with Crippen LogP contribution in [0.3, 0.4) is 0 Å². The highest BCUT2D eigenvalue weighted by Crippen LogP contribution is 2.45. The van der Waals surface area contributed by atoms with Gasteiger partial charge in [-0.25, -0.2) is 0 Å². The molecule has 1 N–H and O–H groups in total. The molecule has 0 saturated heterocycles. The molecular formula is C17H29ClN2O. The summed E-state index contributed by atoms with van der Waals surface area (Å²) in [6.07, 6.45) is 4.30. The molecule has 2 unspecified atom stereocenters. The standard InChI is InChI=1S/C17H29ClN2O/c1-6-13-15(18)14(20(7-2)19-13)10-17(21)9-12(3)8-16(4,5)11-17/h12,21H,6-11H2,1-5H3. The van der Waals surface area contributed by atoms with Crippen LogP contribution in [-0.2, 0) is 19.4 Å². The van der Waals surface area contributed by atoms with Crippen LogP contribution in [0.1, 0.15) is 65.3 Å². The zero-order chi connectivity index (χ0) is 15.8. The number of halogens is 1. The van der Waals surface area contributed by atoms with Gasteiger partial charge in [0.25, 0.3) is 0 Å². The molecule has 1 heterocycles. The predicted molar refractivity (Wildman–Crippen MR) is 87.7 cm³/mol. The third kappa shape index (κ3) is 3.62. The molecule has 1 saturated carbocycles. The van der Waals surface area contributed by atoms with Crippen LogP contribution in [0.2, 0.25) is 5.02 Å². The van der Waals surface area contributed by atoms with Crippen LogP contribution in [-0.4, -0.2) is 20.5 Å². The van der Waals surface area contributed by atoms with Crippen LogP contribution in [0.25, 0.3) is 0 Å². The minimum absolute atomic E-state index is 0.184. The molecule has 0 amide bonds. The van der Waals surface area contributed by atoms with Gasteiger partial charge >= 0.3 is 0 Å². The number of aryl methyl sites for hydroxylation is 2. The zero-order valence-electron chi connectivity index (χ0n) is 14.0. The van der Waals surface area contributed by atoms with Gasteiger partial charge in [-0.2, -0.15) is 5.10 Å². The Hall–Kier alpha value is -0.540. The van der Waals surface area contributed by atoms with Gasteiger partial charge in [-0.05, 0) is 43.9 Å². The SMILES string of the molecule is CCc1nn(CC)c(CC2(O)CC(C)CC(C)(C)C2)c1Cl. The van der Waals surface area contributed by atoms with Crippen LogP contribution >= 0.6 is 11.6 Å². The fraction of sp³-hybridized carbons (Fsp3) is 0.824. The molecule has 120 valence electrons. The first-order valence-electron chi connectivity index (χ1n) is 8.16. The topological polar surface area (TPSA) is 38.0 Å². The van der Waals surface area contributed by atoms with Crippen LogP contribution in [0.15, 0.2) is 0 Å². The van der Waals surface area contributed by atoms with E-state index in [9.17, 15) is 5.11 Å². The Morgan fingerprint density at radius 1 is 1.33 bits per heavy atom. The Morgan fingerprint density at radius 2 is 2.00 bits per heavy atom. The monoisotopic (exact) mass is 312 g/mol. The first-order valence-corrected chi connectivity index (χ1v) is 8.54. The maximum absolute atomic E-state index is 11.2. The second kappa shape index (κ2) is 5.92. The first-order chi connectivity index (χ1) is 9.69. The summed E-state index contributed by atoms with van der Waals surface area (Å²) >= 11 is 6.50. The molecule has 0 spiro atoms. The van der Waals surface area contributed by atoms with Crippen molar-refractivity contribution in [3.8, 4) is 0 Å². The molecule has 1 aliphatic rings. The van der Waals surface area contributed by atoms with Crippen molar-refractivity contribution in [3.05, 3.63) is 16.4 Å². The highest BCUT2D eigenvalue weighted by atomic mass is 35.5. The van der Waals surface area contributed by atoms with E-state index in [1.54, 1.807) is 0 Å². The summed E-state index contributed by atoms with van der Waals surface area (Å²) in [6.45, 7) is 11.7. The lowest BCUT2D eigenvalue weighted by atomic mass is 9.64. The average molecular weight is 313 g/mol. The number of aliphatic hydroxyl groups is 1. The molecule has 3 nitrogen and oxygen atoms in total. The van der Waals surface area contributed by atoms with Gasteiger partial charge in [0.1, 0.15) is 0 Å². The smallest absolute Gasteiger partial charge is 0.0850 e. The van der Waals surface area contributed by atoms with Gasteiger partial charge in [0, 0.05) is 13.0 Å². The van der Waals surface area contributed by atoms with Gasteiger partial charge in [-0.1, -0.05) is 39.3 Å². The van der Waals surface area contributed by atoms with E-state index in [-0.39, 0.29) is 5.41 Å². The molecule has 21 heavy (non-hydrogen) atoms. The van der Waals surface area contributed by atoms with Crippen molar-refractivity contribution in [2.24, 2.45) is 11.3 Å². The molecule has 1 aromatic rings. The molecule has 0 aliphatic heterocycles. The lowest BCUT2D eigenvalue weighted by Crippen LogP contribution is -2.44. The lowest BCUT2D eigenvalue weighted by Gasteiger charge is -2.44. The summed E-state index contributed by atoms with van der Waals surface area (Å²) in [7, 11) is 0. The van der Waals surface area contributed by atoms with E-state index in [1.807, 2.05) is 4.68 Å². The summed E-state index contributed by atoms with van der Waals surface area (Å²) in [6, 6.07) is 0. The largest absolute Gasteiger partial charge is 0.389 e. The van der Waals surface area contributed by atoms with Crippen LogP contribution < -0.4 is 0 Å². The second-order valence-corrected chi connectivity index (χ2v) is 8.01. The molecule has 1 fully saturated rings. The summed E-state index contributed by atoms with van der Waals surface area (Å²) in [5.41, 5.74) is 1.47. The quantitative estimate of drug-likeness (QED) is 0.903. The number of nitrogens with zero attached hydrogens (tertiary/aromatic N) is 2. The molecule has 2 rings (SSSR count). The Kier molecular flexibility index (Phi) is 4.75. The number of hydrogen-bond acceptors (Lipinski definition) is 2. The number of hydrogen-bond donors (Lipinski definition) is 1. The van der Waals surface area contributed by atoms with Crippen molar-refractivity contribution < 1.29 is 5.11 Å². The van der Waals surface area contributed by atoms with E-state index < -0.39 is 5.60 Å². The lowest BCUT2D eigenvalue weighted by molar-refractivity contribution is -0.0586. The van der Waals surface area contributed by atoms with E-state index in [1.165, 1.54) is 6.42 Å². The predicted octanol–water partition coefficient (Wildman–Crippen LogP) is 4.24. The molecule has 4 heteroatoms. The fourth-order valence-electron chi connectivity index (χ4n) is 4.33. The van der Waals surface area contributed by atoms with Crippen molar-refractivity contribution in [1.29, 1.82) is 0 Å². The maximum atomic E-state index is 11.2. The van der Waals surface area contributed by atoms with Crippen molar-refractivity contribution in [1.82, 2.24) is 9.78 Å².